The fraction of sp³-hybridized carbons (Fsp3) is 0.172. The lowest BCUT2D eigenvalue weighted by atomic mass is 10.1. The van der Waals surface area contributed by atoms with E-state index in [1.807, 2.05) is 42.5 Å². The molecule has 6 heteroatoms. The first-order valence-electron chi connectivity index (χ1n) is 11.5. The molecule has 5 rings (SSSR count). The van der Waals surface area contributed by atoms with Crippen LogP contribution in [0.4, 0.5) is 0 Å². The Balaban J connectivity index is 1.57. The lowest BCUT2D eigenvalue weighted by molar-refractivity contribution is 0.198. The zero-order valence-electron chi connectivity index (χ0n) is 19.1. The van der Waals surface area contributed by atoms with E-state index in [4.69, 9.17) is 9.47 Å². The Morgan fingerprint density at radius 3 is 1.89 bits per heavy atom. The molecule has 0 bridgehead atoms. The number of ether oxygens (including phenoxy) is 2. The van der Waals surface area contributed by atoms with Crippen molar-refractivity contribution in [2.75, 3.05) is 26.4 Å². The van der Waals surface area contributed by atoms with Crippen LogP contribution in [0.2, 0.25) is 0 Å². The third-order valence-electron chi connectivity index (χ3n) is 5.73. The molecule has 0 amide bonds. The van der Waals surface area contributed by atoms with Crippen molar-refractivity contribution in [1.29, 1.82) is 0 Å². The van der Waals surface area contributed by atoms with Crippen molar-refractivity contribution in [3.63, 3.8) is 0 Å². The van der Waals surface area contributed by atoms with Gasteiger partial charge in [0.25, 0.3) is 0 Å². The molecule has 0 unspecified atom stereocenters. The first-order chi connectivity index (χ1) is 17.3. The third-order valence-corrected chi connectivity index (χ3v) is 8.20. The summed E-state index contributed by atoms with van der Waals surface area (Å²) in [5.41, 5.74) is 5.21. The highest BCUT2D eigenvalue weighted by Crippen LogP contribution is 2.50. The van der Waals surface area contributed by atoms with Crippen molar-refractivity contribution in [3.05, 3.63) is 96.1 Å². The van der Waals surface area contributed by atoms with Crippen molar-refractivity contribution in [2.45, 2.75) is 26.0 Å². The molecule has 0 atom stereocenters. The molecule has 178 valence electrons. The zero-order valence-corrected chi connectivity index (χ0v) is 20.8. The number of benzene rings is 4. The molecule has 35 heavy (non-hydrogen) atoms. The van der Waals surface area contributed by atoms with Crippen molar-refractivity contribution in [1.82, 2.24) is 0 Å². The van der Waals surface area contributed by atoms with Crippen molar-refractivity contribution >= 4 is 23.5 Å². The number of rotatable bonds is 10. The number of para-hydroxylation sites is 2. The fourth-order valence-corrected chi connectivity index (χ4v) is 6.48. The summed E-state index contributed by atoms with van der Waals surface area (Å²) in [7, 11) is 0. The minimum Gasteiger partial charge on any atom is -0.490 e. The highest BCUT2D eigenvalue weighted by atomic mass is 32.2. The normalized spacial score (nSPS) is 11.7. The summed E-state index contributed by atoms with van der Waals surface area (Å²) >= 11 is 3.37. The van der Waals surface area contributed by atoms with Crippen LogP contribution in [0.1, 0.15) is 11.1 Å². The highest BCUT2D eigenvalue weighted by molar-refractivity contribution is 8.02. The van der Waals surface area contributed by atoms with Crippen LogP contribution in [0.3, 0.4) is 0 Å². The minimum atomic E-state index is -0.0270. The van der Waals surface area contributed by atoms with Crippen molar-refractivity contribution in [3.8, 4) is 22.6 Å². The average Bonchev–Trinajstić information content (AvgIpc) is 3.28. The number of aliphatic hydroxyl groups excluding tert-OH is 2. The SMILES string of the molecule is OCCOc1ccccc1Sc1ccc2c(c1Sc1ccccc1OCCO)Cc1ccccc1-2. The monoisotopic (exact) mass is 502 g/mol. The molecular formula is C29H26O4S2. The van der Waals surface area contributed by atoms with E-state index in [-0.39, 0.29) is 26.4 Å². The van der Waals surface area contributed by atoms with Gasteiger partial charge in [-0.15, -0.1) is 0 Å². The van der Waals surface area contributed by atoms with E-state index in [1.54, 1.807) is 23.5 Å². The standard InChI is InChI=1S/C29H26O4S2/c30-15-17-32-24-9-3-5-11-26(24)34-28-14-13-22-21-8-2-1-7-20(21)19-23(22)29(28)35-27-12-6-4-10-25(27)33-18-16-31/h1-14,30-31H,15-19H2. The predicted molar refractivity (Wildman–Crippen MR) is 141 cm³/mol. The molecule has 0 radical (unpaired) electrons. The summed E-state index contributed by atoms with van der Waals surface area (Å²) in [5, 5.41) is 18.5. The lowest BCUT2D eigenvalue weighted by Gasteiger charge is -2.17. The van der Waals surface area contributed by atoms with E-state index in [0.717, 1.165) is 32.6 Å². The van der Waals surface area contributed by atoms with Gasteiger partial charge in [0.05, 0.1) is 23.0 Å². The summed E-state index contributed by atoms with van der Waals surface area (Å²) in [6, 6.07) is 28.9. The summed E-state index contributed by atoms with van der Waals surface area (Å²) in [6.45, 7) is 0.462. The molecule has 0 fully saturated rings. The molecule has 4 aromatic carbocycles. The van der Waals surface area contributed by atoms with Gasteiger partial charge in [0.15, 0.2) is 0 Å². The summed E-state index contributed by atoms with van der Waals surface area (Å²) < 4.78 is 11.6. The van der Waals surface area contributed by atoms with E-state index in [9.17, 15) is 10.2 Å². The van der Waals surface area contributed by atoms with Crippen LogP contribution in [-0.4, -0.2) is 36.6 Å². The number of hydrogen-bond acceptors (Lipinski definition) is 6. The second-order valence-electron chi connectivity index (χ2n) is 7.99. The van der Waals surface area contributed by atoms with Crippen molar-refractivity contribution < 1.29 is 19.7 Å². The smallest absolute Gasteiger partial charge is 0.133 e. The molecule has 0 saturated carbocycles. The Bertz CT molecular complexity index is 1320. The number of fused-ring (bicyclic) bond motifs is 3. The van der Waals surface area contributed by atoms with Crippen LogP contribution in [0.25, 0.3) is 11.1 Å². The Hall–Kier alpha value is -2.90. The molecule has 1 aliphatic carbocycles. The maximum absolute atomic E-state index is 9.27. The van der Waals surface area contributed by atoms with Crippen LogP contribution >= 0.6 is 23.5 Å². The summed E-state index contributed by atoms with van der Waals surface area (Å²) in [6.07, 6.45) is 0.880. The van der Waals surface area contributed by atoms with Crippen LogP contribution in [0.5, 0.6) is 11.5 Å². The molecule has 0 spiro atoms. The highest BCUT2D eigenvalue weighted by Gasteiger charge is 2.25. The molecule has 0 aromatic heterocycles. The second kappa shape index (κ2) is 11.2. The first kappa shape index (κ1) is 23.8. The van der Waals surface area contributed by atoms with E-state index in [0.29, 0.717) is 0 Å². The largest absolute Gasteiger partial charge is 0.490 e. The van der Waals surface area contributed by atoms with Gasteiger partial charge in [-0.3, -0.25) is 0 Å². The van der Waals surface area contributed by atoms with Gasteiger partial charge in [-0.2, -0.15) is 0 Å². The van der Waals surface area contributed by atoms with Crippen LogP contribution in [0.15, 0.2) is 105 Å². The van der Waals surface area contributed by atoms with Gasteiger partial charge in [-0.05, 0) is 59.0 Å². The first-order valence-corrected chi connectivity index (χ1v) is 13.2. The van der Waals surface area contributed by atoms with Gasteiger partial charge in [0.1, 0.15) is 24.7 Å². The molecule has 1 aliphatic rings. The van der Waals surface area contributed by atoms with Gasteiger partial charge in [0, 0.05) is 9.79 Å². The Kier molecular flexibility index (Phi) is 7.64. The Morgan fingerprint density at radius 2 is 1.20 bits per heavy atom. The minimum absolute atomic E-state index is 0.0260. The van der Waals surface area contributed by atoms with Gasteiger partial charge in [-0.25, -0.2) is 0 Å². The van der Waals surface area contributed by atoms with Crippen LogP contribution in [-0.2, 0) is 6.42 Å². The van der Waals surface area contributed by atoms with Gasteiger partial charge in [0.2, 0.25) is 0 Å². The molecular weight excluding hydrogens is 476 g/mol. The molecule has 4 aromatic rings. The quantitative estimate of drug-likeness (QED) is 0.234. The average molecular weight is 503 g/mol. The van der Waals surface area contributed by atoms with Crippen LogP contribution in [0, 0.1) is 0 Å². The third kappa shape index (κ3) is 5.21. The van der Waals surface area contributed by atoms with E-state index < -0.39 is 0 Å². The molecule has 0 heterocycles. The summed E-state index contributed by atoms with van der Waals surface area (Å²) in [4.78, 5) is 4.35. The fourth-order valence-electron chi connectivity index (χ4n) is 4.20. The maximum Gasteiger partial charge on any atom is 0.133 e. The molecule has 0 aliphatic heterocycles. The number of aliphatic hydroxyl groups is 2. The van der Waals surface area contributed by atoms with Gasteiger partial charge >= 0.3 is 0 Å². The van der Waals surface area contributed by atoms with E-state index >= 15 is 0 Å². The topological polar surface area (TPSA) is 58.9 Å². The van der Waals surface area contributed by atoms with E-state index in [1.165, 1.54) is 27.1 Å². The lowest BCUT2D eigenvalue weighted by Crippen LogP contribution is -2.02. The second-order valence-corrected chi connectivity index (χ2v) is 10.1. The molecule has 4 nitrogen and oxygen atoms in total. The predicted octanol–water partition coefficient (Wildman–Crippen LogP) is 6.30. The molecule has 2 N–H and O–H groups in total. The zero-order chi connectivity index (χ0) is 24.0. The maximum atomic E-state index is 9.27. The molecule has 0 saturated heterocycles. The Labute approximate surface area is 213 Å². The van der Waals surface area contributed by atoms with Gasteiger partial charge < -0.3 is 19.7 Å². The van der Waals surface area contributed by atoms with Crippen molar-refractivity contribution in [2.24, 2.45) is 0 Å². The number of hydrogen-bond donors (Lipinski definition) is 2. The Morgan fingerprint density at radius 1 is 0.600 bits per heavy atom. The van der Waals surface area contributed by atoms with E-state index in [2.05, 4.69) is 42.5 Å². The van der Waals surface area contributed by atoms with Crippen LogP contribution < -0.4 is 9.47 Å². The van der Waals surface area contributed by atoms with Gasteiger partial charge in [-0.1, -0.05) is 78.1 Å². The summed E-state index contributed by atoms with van der Waals surface area (Å²) in [5.74, 6) is 1.53.